The summed E-state index contributed by atoms with van der Waals surface area (Å²) in [4.78, 5) is 19.0. The molecule has 150 valence electrons. The molecule has 3 rings (SSSR count). The first-order chi connectivity index (χ1) is 13.7. The zero-order chi connectivity index (χ0) is 21.4. The summed E-state index contributed by atoms with van der Waals surface area (Å²) in [5.41, 5.74) is 1.73. The van der Waals surface area contributed by atoms with E-state index in [1.54, 1.807) is 24.3 Å². The topological polar surface area (TPSA) is 156 Å². The van der Waals surface area contributed by atoms with Crippen LogP contribution < -0.4 is 9.32 Å². The van der Waals surface area contributed by atoms with Crippen molar-refractivity contribution in [3.8, 4) is 16.9 Å². The second kappa shape index (κ2) is 9.39. The minimum atomic E-state index is -3.95. The van der Waals surface area contributed by atoms with E-state index in [0.29, 0.717) is 0 Å². The molecule has 3 aromatic carbocycles. The molecule has 0 fully saturated rings. The fourth-order valence-electron chi connectivity index (χ4n) is 2.16. The van der Waals surface area contributed by atoms with Crippen molar-refractivity contribution in [1.82, 2.24) is 0 Å². The largest absolute Gasteiger partial charge is 0.380 e. The Morgan fingerprint density at radius 2 is 1.10 bits per heavy atom. The van der Waals surface area contributed by atoms with Gasteiger partial charge in [0, 0.05) is 24.3 Å². The molecule has 0 amide bonds. The van der Waals surface area contributed by atoms with Gasteiger partial charge in [0.15, 0.2) is 0 Å². The van der Waals surface area contributed by atoms with Gasteiger partial charge in [-0.3, -0.25) is 20.2 Å². The van der Waals surface area contributed by atoms with Crippen LogP contribution in [0.4, 0.5) is 11.4 Å². The van der Waals surface area contributed by atoms with E-state index in [1.807, 2.05) is 30.3 Å². The molecule has 2 N–H and O–H groups in total. The summed E-state index contributed by atoms with van der Waals surface area (Å²) in [6.07, 6.45) is 0. The lowest BCUT2D eigenvalue weighted by atomic mass is 10.1. The van der Waals surface area contributed by atoms with Crippen LogP contribution >= 0.6 is 0 Å². The summed E-state index contributed by atoms with van der Waals surface area (Å²) in [5.74, 6) is 0.201. The summed E-state index contributed by atoms with van der Waals surface area (Å²) < 4.78 is 26.0. The molecule has 0 heterocycles. The number of nitrogens with zero attached hydrogens (tertiary/aromatic N) is 2. The van der Waals surface area contributed by atoms with E-state index in [0.717, 1.165) is 35.4 Å². The Balaban J connectivity index is 0.000000221. The van der Waals surface area contributed by atoms with Crippen LogP contribution in [-0.2, 0) is 10.3 Å². The maximum absolute atomic E-state index is 10.7. The van der Waals surface area contributed by atoms with Crippen LogP contribution in [0.3, 0.4) is 0 Å². The molecular formula is C18H15N3O7S. The van der Waals surface area contributed by atoms with Crippen molar-refractivity contribution < 1.29 is 22.4 Å². The van der Waals surface area contributed by atoms with Crippen molar-refractivity contribution in [2.75, 3.05) is 0 Å². The molecule has 0 radical (unpaired) electrons. The zero-order valence-electron chi connectivity index (χ0n) is 14.7. The highest BCUT2D eigenvalue weighted by atomic mass is 32.2. The molecule has 11 heteroatoms. The molecule has 0 atom stereocenters. The lowest BCUT2D eigenvalue weighted by Crippen LogP contribution is -2.18. The standard InChI is InChI=1S/C12H11NO3S.C6H4N2O4/c13-17(14,15)16-12-8-6-11(7-9-12)10-4-2-1-3-5-10;9-7(10)5-1-2-6(4-3-5)8(11)12/h1-9H,(H2,13,14,15);1-4H. The number of hydrogen-bond donors (Lipinski definition) is 1. The first-order valence-electron chi connectivity index (χ1n) is 7.92. The second-order valence-corrected chi connectivity index (χ2v) is 6.65. The first kappa shape index (κ1) is 21.5. The van der Waals surface area contributed by atoms with Crippen molar-refractivity contribution in [1.29, 1.82) is 0 Å². The average molecular weight is 417 g/mol. The Morgan fingerprint density at radius 3 is 1.48 bits per heavy atom. The van der Waals surface area contributed by atoms with Crippen molar-refractivity contribution in [2.24, 2.45) is 5.14 Å². The molecule has 0 saturated carbocycles. The van der Waals surface area contributed by atoms with Crippen LogP contribution in [0.2, 0.25) is 0 Å². The van der Waals surface area contributed by atoms with E-state index in [4.69, 9.17) is 5.14 Å². The molecule has 0 spiro atoms. The predicted molar refractivity (Wildman–Crippen MR) is 105 cm³/mol. The van der Waals surface area contributed by atoms with Gasteiger partial charge in [0.1, 0.15) is 5.75 Å². The number of non-ortho nitro benzene ring substituents is 2. The summed E-state index contributed by atoms with van der Waals surface area (Å²) in [5, 5.41) is 25.0. The van der Waals surface area contributed by atoms with Gasteiger partial charge in [-0.25, -0.2) is 0 Å². The highest BCUT2D eigenvalue weighted by Gasteiger charge is 2.09. The number of rotatable bonds is 5. The minimum Gasteiger partial charge on any atom is -0.371 e. The molecule has 0 bridgehead atoms. The molecule has 0 aromatic heterocycles. The Hall–Kier alpha value is -3.83. The van der Waals surface area contributed by atoms with Crippen molar-refractivity contribution in [3.05, 3.63) is 99.1 Å². The molecule has 0 aliphatic heterocycles. The highest BCUT2D eigenvalue weighted by Crippen LogP contribution is 2.22. The third-order valence-corrected chi connectivity index (χ3v) is 3.87. The van der Waals surface area contributed by atoms with Gasteiger partial charge >= 0.3 is 10.3 Å². The quantitative estimate of drug-likeness (QED) is 0.492. The van der Waals surface area contributed by atoms with Crippen molar-refractivity contribution in [2.45, 2.75) is 0 Å². The molecule has 0 saturated heterocycles. The minimum absolute atomic E-state index is 0.152. The summed E-state index contributed by atoms with van der Waals surface area (Å²) in [6, 6.07) is 20.8. The van der Waals surface area contributed by atoms with Crippen molar-refractivity contribution in [3.63, 3.8) is 0 Å². The Kier molecular flexibility index (Phi) is 6.95. The van der Waals surface area contributed by atoms with Crippen LogP contribution in [0, 0.1) is 20.2 Å². The average Bonchev–Trinajstić information content (AvgIpc) is 2.68. The molecule has 29 heavy (non-hydrogen) atoms. The van der Waals surface area contributed by atoms with Gasteiger partial charge in [-0.15, -0.1) is 0 Å². The van der Waals surface area contributed by atoms with Crippen LogP contribution in [0.15, 0.2) is 78.9 Å². The van der Waals surface area contributed by atoms with E-state index in [1.165, 1.54) is 0 Å². The number of hydrogen-bond acceptors (Lipinski definition) is 7. The summed E-state index contributed by atoms with van der Waals surface area (Å²) in [7, 11) is -3.95. The number of nitrogens with two attached hydrogens (primary N) is 1. The Bertz CT molecular complexity index is 1050. The first-order valence-corrected chi connectivity index (χ1v) is 9.39. The van der Waals surface area contributed by atoms with E-state index < -0.39 is 20.2 Å². The third kappa shape index (κ3) is 7.01. The van der Waals surface area contributed by atoms with Gasteiger partial charge in [-0.05, 0) is 23.3 Å². The van der Waals surface area contributed by atoms with Crippen molar-refractivity contribution >= 4 is 21.7 Å². The van der Waals surface area contributed by atoms with Gasteiger partial charge in [-0.2, -0.15) is 13.6 Å². The van der Waals surface area contributed by atoms with Gasteiger partial charge in [0.2, 0.25) is 0 Å². The normalized spacial score (nSPS) is 10.4. The van der Waals surface area contributed by atoms with Crippen LogP contribution in [0.1, 0.15) is 0 Å². The molecule has 0 aliphatic rings. The van der Waals surface area contributed by atoms with Gasteiger partial charge in [0.25, 0.3) is 11.4 Å². The smallest absolute Gasteiger partial charge is 0.371 e. The predicted octanol–water partition coefficient (Wildman–Crippen LogP) is 3.44. The number of nitro benzene ring substituents is 2. The fraction of sp³-hybridized carbons (Fsp3) is 0. The van der Waals surface area contributed by atoms with Gasteiger partial charge < -0.3 is 4.18 Å². The Labute approximate surface area is 165 Å². The maximum atomic E-state index is 10.7. The summed E-state index contributed by atoms with van der Waals surface area (Å²) >= 11 is 0. The number of nitro groups is 2. The van der Waals surface area contributed by atoms with E-state index in [9.17, 15) is 28.6 Å². The van der Waals surface area contributed by atoms with Crippen LogP contribution in [0.5, 0.6) is 5.75 Å². The highest BCUT2D eigenvalue weighted by molar-refractivity contribution is 7.84. The molecule has 0 unspecified atom stereocenters. The van der Waals surface area contributed by atoms with Crippen LogP contribution in [0.25, 0.3) is 11.1 Å². The second-order valence-electron chi connectivity index (χ2n) is 5.50. The van der Waals surface area contributed by atoms with E-state index in [2.05, 4.69) is 4.18 Å². The summed E-state index contributed by atoms with van der Waals surface area (Å²) in [6.45, 7) is 0. The lowest BCUT2D eigenvalue weighted by molar-refractivity contribution is -0.389. The lowest BCUT2D eigenvalue weighted by Gasteiger charge is -2.04. The van der Waals surface area contributed by atoms with E-state index in [-0.39, 0.29) is 17.1 Å². The van der Waals surface area contributed by atoms with Gasteiger partial charge in [-0.1, -0.05) is 42.5 Å². The fourth-order valence-corrected chi connectivity index (χ4v) is 2.54. The monoisotopic (exact) mass is 417 g/mol. The van der Waals surface area contributed by atoms with Crippen LogP contribution in [-0.4, -0.2) is 18.3 Å². The third-order valence-electron chi connectivity index (χ3n) is 3.45. The SMILES string of the molecule is NS(=O)(=O)Oc1ccc(-c2ccccc2)cc1.O=[N+]([O-])c1ccc([N+](=O)[O-])cc1. The Morgan fingerprint density at radius 1 is 0.690 bits per heavy atom. The molecule has 0 aliphatic carbocycles. The number of benzene rings is 3. The molecule has 10 nitrogen and oxygen atoms in total. The van der Waals surface area contributed by atoms with E-state index >= 15 is 0 Å². The zero-order valence-corrected chi connectivity index (χ0v) is 15.6. The molecular weight excluding hydrogens is 402 g/mol. The van der Waals surface area contributed by atoms with Gasteiger partial charge in [0.05, 0.1) is 9.85 Å². The molecule has 3 aromatic rings. The maximum Gasteiger partial charge on any atom is 0.380 e.